The Morgan fingerprint density at radius 1 is 0.611 bits per heavy atom. The minimum atomic E-state index is 0.699. The van der Waals surface area contributed by atoms with Crippen LogP contribution in [-0.4, -0.2) is 15.0 Å². The van der Waals surface area contributed by atoms with Gasteiger partial charge in [0.05, 0.1) is 5.69 Å². The van der Waals surface area contributed by atoms with E-state index in [1.807, 2.05) is 48.5 Å². The third kappa shape index (κ3) is 1.98. The number of hydrogen-bond donors (Lipinski definition) is 0. The van der Waals surface area contributed by atoms with Crippen LogP contribution in [0.15, 0.2) is 67.1 Å². The number of benzene rings is 1. The molecule has 0 saturated carbocycles. The van der Waals surface area contributed by atoms with Crippen molar-refractivity contribution in [3.8, 4) is 22.6 Å². The first kappa shape index (κ1) is 10.6. The maximum Gasteiger partial charge on any atom is 0.161 e. The maximum absolute atomic E-state index is 4.45. The average molecular weight is 233 g/mol. The summed E-state index contributed by atoms with van der Waals surface area (Å²) in [6, 6.07) is 15.8. The van der Waals surface area contributed by atoms with Gasteiger partial charge in [0.1, 0.15) is 0 Å². The first-order chi connectivity index (χ1) is 8.95. The van der Waals surface area contributed by atoms with E-state index in [1.165, 1.54) is 0 Å². The Hall–Kier alpha value is -2.55. The molecular weight excluding hydrogens is 222 g/mol. The molecule has 0 saturated heterocycles. The molecule has 0 aliphatic carbocycles. The van der Waals surface area contributed by atoms with Crippen molar-refractivity contribution in [3.05, 3.63) is 67.1 Å². The van der Waals surface area contributed by atoms with Crippen molar-refractivity contribution in [2.45, 2.75) is 0 Å². The van der Waals surface area contributed by atoms with Crippen LogP contribution in [0.25, 0.3) is 22.6 Å². The summed E-state index contributed by atoms with van der Waals surface area (Å²) < 4.78 is 0. The molecule has 0 unspecified atom stereocenters. The minimum absolute atomic E-state index is 0.699. The summed E-state index contributed by atoms with van der Waals surface area (Å²) in [6.07, 6.45) is 5.27. The van der Waals surface area contributed by atoms with Crippen LogP contribution in [0, 0.1) is 0 Å². The van der Waals surface area contributed by atoms with E-state index in [2.05, 4.69) is 15.0 Å². The summed E-state index contributed by atoms with van der Waals surface area (Å²) in [5.41, 5.74) is 2.93. The van der Waals surface area contributed by atoms with Gasteiger partial charge in [0.15, 0.2) is 5.82 Å². The van der Waals surface area contributed by atoms with Gasteiger partial charge in [-0.1, -0.05) is 30.3 Å². The molecule has 0 radical (unpaired) electrons. The zero-order chi connectivity index (χ0) is 12.2. The lowest BCUT2D eigenvalue weighted by atomic mass is 10.1. The predicted octanol–water partition coefficient (Wildman–Crippen LogP) is 3.21. The fourth-order valence-corrected chi connectivity index (χ4v) is 1.85. The molecule has 1 aromatic carbocycles. The molecular formula is C15H11N3. The van der Waals surface area contributed by atoms with Crippen molar-refractivity contribution in [1.82, 2.24) is 15.0 Å². The van der Waals surface area contributed by atoms with E-state index >= 15 is 0 Å². The summed E-state index contributed by atoms with van der Waals surface area (Å²) in [5.74, 6) is 0.699. The molecule has 86 valence electrons. The highest BCUT2D eigenvalue weighted by molar-refractivity contribution is 5.76. The van der Waals surface area contributed by atoms with Crippen LogP contribution in [0.4, 0.5) is 0 Å². The maximum atomic E-state index is 4.45. The number of hydrogen-bond acceptors (Lipinski definition) is 3. The van der Waals surface area contributed by atoms with Crippen molar-refractivity contribution >= 4 is 0 Å². The number of rotatable bonds is 2. The molecule has 0 N–H and O–H groups in total. The number of aromatic nitrogens is 3. The highest BCUT2D eigenvalue weighted by atomic mass is 14.9. The second-order valence-electron chi connectivity index (χ2n) is 3.84. The normalized spacial score (nSPS) is 10.2. The quantitative estimate of drug-likeness (QED) is 0.682. The molecule has 3 heteroatoms. The molecule has 0 aliphatic rings. The van der Waals surface area contributed by atoms with Gasteiger partial charge < -0.3 is 0 Å². The highest BCUT2D eigenvalue weighted by Gasteiger charge is 2.09. The third-order valence-electron chi connectivity index (χ3n) is 2.66. The van der Waals surface area contributed by atoms with Crippen molar-refractivity contribution in [2.24, 2.45) is 0 Å². The molecule has 3 nitrogen and oxygen atoms in total. The molecule has 0 bridgehead atoms. The minimum Gasteiger partial charge on any atom is -0.255 e. The van der Waals surface area contributed by atoms with Crippen LogP contribution in [0.2, 0.25) is 0 Å². The van der Waals surface area contributed by atoms with Gasteiger partial charge in [0.2, 0.25) is 0 Å². The van der Waals surface area contributed by atoms with Crippen LogP contribution >= 0.6 is 0 Å². The standard InChI is InChI=1S/C15H11N3/c1-2-6-12(7-3-1)14-13(8-4-9-16-14)15-17-10-5-11-18-15/h1-11H. The molecule has 0 amide bonds. The third-order valence-corrected chi connectivity index (χ3v) is 2.66. The van der Waals surface area contributed by atoms with Crippen LogP contribution < -0.4 is 0 Å². The van der Waals surface area contributed by atoms with Gasteiger partial charge in [-0.05, 0) is 18.2 Å². The van der Waals surface area contributed by atoms with E-state index in [-0.39, 0.29) is 0 Å². The van der Waals surface area contributed by atoms with Gasteiger partial charge in [0, 0.05) is 29.7 Å². The molecule has 2 heterocycles. The molecule has 3 rings (SSSR count). The van der Waals surface area contributed by atoms with Gasteiger partial charge in [0.25, 0.3) is 0 Å². The summed E-state index contributed by atoms with van der Waals surface area (Å²) >= 11 is 0. The number of pyridine rings is 1. The van der Waals surface area contributed by atoms with Gasteiger partial charge in [-0.25, -0.2) is 9.97 Å². The molecule has 0 fully saturated rings. The molecule has 3 aromatic rings. The first-order valence-electron chi connectivity index (χ1n) is 5.73. The Balaban J connectivity index is 2.18. The topological polar surface area (TPSA) is 38.7 Å². The Labute approximate surface area is 105 Å². The fraction of sp³-hybridized carbons (Fsp3) is 0. The lowest BCUT2D eigenvalue weighted by molar-refractivity contribution is 1.16. The number of nitrogens with zero attached hydrogens (tertiary/aromatic N) is 3. The zero-order valence-electron chi connectivity index (χ0n) is 9.69. The zero-order valence-corrected chi connectivity index (χ0v) is 9.69. The van der Waals surface area contributed by atoms with Gasteiger partial charge in [-0.3, -0.25) is 4.98 Å². The van der Waals surface area contributed by atoms with E-state index < -0.39 is 0 Å². The lowest BCUT2D eigenvalue weighted by Crippen LogP contribution is -1.92. The molecule has 0 spiro atoms. The van der Waals surface area contributed by atoms with Gasteiger partial charge >= 0.3 is 0 Å². The second kappa shape index (κ2) is 4.75. The Bertz CT molecular complexity index is 578. The fourth-order valence-electron chi connectivity index (χ4n) is 1.85. The van der Waals surface area contributed by atoms with Gasteiger partial charge in [-0.2, -0.15) is 0 Å². The Morgan fingerprint density at radius 2 is 1.33 bits per heavy atom. The van der Waals surface area contributed by atoms with E-state index in [9.17, 15) is 0 Å². The Kier molecular flexibility index (Phi) is 2.80. The monoisotopic (exact) mass is 233 g/mol. The van der Waals surface area contributed by atoms with Crippen molar-refractivity contribution in [2.75, 3.05) is 0 Å². The molecule has 0 atom stereocenters. The van der Waals surface area contributed by atoms with Gasteiger partial charge in [-0.15, -0.1) is 0 Å². The second-order valence-corrected chi connectivity index (χ2v) is 3.84. The van der Waals surface area contributed by atoms with Crippen LogP contribution in [0.1, 0.15) is 0 Å². The predicted molar refractivity (Wildman–Crippen MR) is 70.7 cm³/mol. The van der Waals surface area contributed by atoms with Crippen molar-refractivity contribution < 1.29 is 0 Å². The summed E-state index contributed by atoms with van der Waals surface area (Å²) in [6.45, 7) is 0. The van der Waals surface area contributed by atoms with E-state index in [1.54, 1.807) is 18.6 Å². The lowest BCUT2D eigenvalue weighted by Gasteiger charge is -2.06. The summed E-state index contributed by atoms with van der Waals surface area (Å²) in [5, 5.41) is 0. The average Bonchev–Trinajstić information content (AvgIpc) is 2.49. The summed E-state index contributed by atoms with van der Waals surface area (Å²) in [7, 11) is 0. The summed E-state index contributed by atoms with van der Waals surface area (Å²) in [4.78, 5) is 13.0. The Morgan fingerprint density at radius 3 is 2.11 bits per heavy atom. The van der Waals surface area contributed by atoms with E-state index in [0.717, 1.165) is 16.8 Å². The van der Waals surface area contributed by atoms with E-state index in [4.69, 9.17) is 0 Å². The molecule has 2 aromatic heterocycles. The van der Waals surface area contributed by atoms with Crippen LogP contribution in [0.3, 0.4) is 0 Å². The van der Waals surface area contributed by atoms with E-state index in [0.29, 0.717) is 5.82 Å². The van der Waals surface area contributed by atoms with Crippen molar-refractivity contribution in [1.29, 1.82) is 0 Å². The van der Waals surface area contributed by atoms with Crippen molar-refractivity contribution in [3.63, 3.8) is 0 Å². The van der Waals surface area contributed by atoms with Crippen LogP contribution in [-0.2, 0) is 0 Å². The highest BCUT2D eigenvalue weighted by Crippen LogP contribution is 2.26. The largest absolute Gasteiger partial charge is 0.255 e. The first-order valence-corrected chi connectivity index (χ1v) is 5.73. The molecule has 0 aliphatic heterocycles. The molecule has 18 heavy (non-hydrogen) atoms. The smallest absolute Gasteiger partial charge is 0.161 e. The SMILES string of the molecule is c1ccc(-c2ncccc2-c2ncccn2)cc1. The van der Waals surface area contributed by atoms with Crippen LogP contribution in [0.5, 0.6) is 0 Å².